The molecule has 0 atom stereocenters. The third-order valence-electron chi connectivity index (χ3n) is 0.966. The van der Waals surface area contributed by atoms with Gasteiger partial charge >= 0.3 is 0 Å². The topological polar surface area (TPSA) is 0 Å². The summed E-state index contributed by atoms with van der Waals surface area (Å²) in [6.07, 6.45) is 5.49. The van der Waals surface area contributed by atoms with E-state index in [1.165, 1.54) is 6.42 Å². The first kappa shape index (κ1) is 19.3. The fourth-order valence-corrected chi connectivity index (χ4v) is 0.471. The first-order chi connectivity index (χ1) is 5.56. The second kappa shape index (κ2) is 8.08. The average Bonchev–Trinajstić information content (AvgIpc) is 1.77. The van der Waals surface area contributed by atoms with Gasteiger partial charge in [-0.1, -0.05) is 68.0 Å². The zero-order valence-electron chi connectivity index (χ0n) is 10.9. The smallest absolute Gasteiger partial charge is 0.0302 e. The summed E-state index contributed by atoms with van der Waals surface area (Å²) in [7, 11) is 0. The van der Waals surface area contributed by atoms with Crippen LogP contribution in [0.3, 0.4) is 0 Å². The summed E-state index contributed by atoms with van der Waals surface area (Å²) < 4.78 is 0. The second-order valence-electron chi connectivity index (χ2n) is 6.33. The number of rotatable bonds is 1. The molecule has 0 heterocycles. The molecule has 0 radical (unpaired) electrons. The maximum Gasteiger partial charge on any atom is -0.0302 e. The molecule has 0 nitrogen and oxygen atoms in total. The van der Waals surface area contributed by atoms with E-state index in [4.69, 9.17) is 0 Å². The standard InChI is InChI=1S/C8H16.C5H12.CH4/c1-5-6-7-8(2,3)4;1-5(2,3)4;/h5-6H,7H2,1-4H3;1-4H3;1H4. The van der Waals surface area contributed by atoms with E-state index in [-0.39, 0.29) is 7.43 Å². The van der Waals surface area contributed by atoms with E-state index < -0.39 is 0 Å². The van der Waals surface area contributed by atoms with Gasteiger partial charge in [0.15, 0.2) is 0 Å². The minimum absolute atomic E-state index is 0. The van der Waals surface area contributed by atoms with Crippen LogP contribution >= 0.6 is 0 Å². The van der Waals surface area contributed by atoms with Gasteiger partial charge < -0.3 is 0 Å². The normalized spacial score (nSPS) is 11.7. The van der Waals surface area contributed by atoms with Crippen LogP contribution in [0.4, 0.5) is 0 Å². The van der Waals surface area contributed by atoms with Gasteiger partial charge in [-0.25, -0.2) is 0 Å². The minimum atomic E-state index is 0. The van der Waals surface area contributed by atoms with Crippen LogP contribution in [0.5, 0.6) is 0 Å². The van der Waals surface area contributed by atoms with Crippen molar-refractivity contribution >= 4 is 0 Å². The zero-order valence-corrected chi connectivity index (χ0v) is 10.9. The molecule has 0 heteroatoms. The van der Waals surface area contributed by atoms with Crippen molar-refractivity contribution in [1.82, 2.24) is 0 Å². The Labute approximate surface area is 92.8 Å². The molecule has 0 aliphatic heterocycles. The highest BCUT2D eigenvalue weighted by atomic mass is 14.1. The van der Waals surface area contributed by atoms with E-state index >= 15 is 0 Å². The summed E-state index contributed by atoms with van der Waals surface area (Å²) in [6, 6.07) is 0. The molecule has 0 amide bonds. The van der Waals surface area contributed by atoms with Crippen LogP contribution in [0.15, 0.2) is 12.2 Å². The van der Waals surface area contributed by atoms with Crippen molar-refractivity contribution in [3.63, 3.8) is 0 Å². The Hall–Kier alpha value is -0.260. The van der Waals surface area contributed by atoms with Gasteiger partial charge in [0.1, 0.15) is 0 Å². The molecule has 0 aromatic heterocycles. The molecule has 0 fully saturated rings. The van der Waals surface area contributed by atoms with E-state index in [1.807, 2.05) is 0 Å². The quantitative estimate of drug-likeness (QED) is 0.477. The van der Waals surface area contributed by atoms with Crippen LogP contribution in [0.1, 0.15) is 69.2 Å². The molecule has 0 aliphatic rings. The largest absolute Gasteiger partial charge is 0.0916 e. The number of hydrogen-bond donors (Lipinski definition) is 0. The maximum atomic E-state index is 2.24. The summed E-state index contributed by atoms with van der Waals surface area (Å²) in [5.41, 5.74) is 0.965. The molecule has 0 saturated heterocycles. The Morgan fingerprint density at radius 2 is 1.14 bits per heavy atom. The van der Waals surface area contributed by atoms with Crippen molar-refractivity contribution in [2.45, 2.75) is 69.2 Å². The lowest BCUT2D eigenvalue weighted by Crippen LogP contribution is -2.01. The highest BCUT2D eigenvalue weighted by Crippen LogP contribution is 2.18. The number of hydrogen-bond acceptors (Lipinski definition) is 0. The first-order valence-corrected chi connectivity index (χ1v) is 5.17. The van der Waals surface area contributed by atoms with Crippen molar-refractivity contribution in [1.29, 1.82) is 0 Å². The number of allylic oxidation sites excluding steroid dienone is 2. The van der Waals surface area contributed by atoms with E-state index in [1.54, 1.807) is 0 Å². The van der Waals surface area contributed by atoms with Crippen molar-refractivity contribution in [2.75, 3.05) is 0 Å². The molecule has 0 aromatic carbocycles. The lowest BCUT2D eigenvalue weighted by molar-refractivity contribution is 0.420. The molecule has 88 valence electrons. The maximum absolute atomic E-state index is 2.24. The molecule has 0 aliphatic carbocycles. The Morgan fingerprint density at radius 1 is 0.857 bits per heavy atom. The van der Waals surface area contributed by atoms with Crippen molar-refractivity contribution < 1.29 is 0 Å². The van der Waals surface area contributed by atoms with Gasteiger partial charge in [-0.3, -0.25) is 0 Å². The monoisotopic (exact) mass is 200 g/mol. The van der Waals surface area contributed by atoms with Gasteiger partial charge in [-0.2, -0.15) is 0 Å². The minimum Gasteiger partial charge on any atom is -0.0916 e. The molecule has 0 rings (SSSR count). The van der Waals surface area contributed by atoms with Crippen LogP contribution in [0.25, 0.3) is 0 Å². The van der Waals surface area contributed by atoms with E-state index in [2.05, 4.69) is 67.5 Å². The van der Waals surface area contributed by atoms with Gasteiger partial charge in [0.25, 0.3) is 0 Å². The van der Waals surface area contributed by atoms with E-state index in [0.29, 0.717) is 10.8 Å². The highest BCUT2D eigenvalue weighted by molar-refractivity contribution is 4.82. The van der Waals surface area contributed by atoms with Crippen molar-refractivity contribution in [2.24, 2.45) is 10.8 Å². The Kier molecular flexibility index (Phi) is 11.2. The van der Waals surface area contributed by atoms with Gasteiger partial charge in [-0.05, 0) is 24.2 Å². The van der Waals surface area contributed by atoms with Crippen LogP contribution < -0.4 is 0 Å². The molecule has 0 saturated carbocycles. The van der Waals surface area contributed by atoms with Crippen molar-refractivity contribution in [3.05, 3.63) is 12.2 Å². The molecular formula is C14H32. The Morgan fingerprint density at radius 3 is 1.21 bits per heavy atom. The molecule has 0 aromatic rings. The summed E-state index contributed by atoms with van der Waals surface area (Å²) in [6.45, 7) is 17.5. The summed E-state index contributed by atoms with van der Waals surface area (Å²) in [5, 5.41) is 0. The van der Waals surface area contributed by atoms with Gasteiger partial charge in [0.05, 0.1) is 0 Å². The molecule has 0 N–H and O–H groups in total. The SMILES string of the molecule is C.CC(C)(C)C.CC=CCC(C)(C)C. The third-order valence-corrected chi connectivity index (χ3v) is 0.966. The summed E-state index contributed by atoms with van der Waals surface area (Å²) in [4.78, 5) is 0. The lowest BCUT2D eigenvalue weighted by Gasteiger charge is -2.13. The second-order valence-corrected chi connectivity index (χ2v) is 6.33. The average molecular weight is 200 g/mol. The predicted octanol–water partition coefficient (Wildman–Crippen LogP) is 5.69. The van der Waals surface area contributed by atoms with Crippen LogP contribution in [0, 0.1) is 10.8 Å². The predicted molar refractivity (Wildman–Crippen MR) is 70.7 cm³/mol. The van der Waals surface area contributed by atoms with Crippen LogP contribution in [0.2, 0.25) is 0 Å². The van der Waals surface area contributed by atoms with Crippen molar-refractivity contribution in [3.8, 4) is 0 Å². The molecule has 0 unspecified atom stereocenters. The zero-order chi connectivity index (χ0) is 11.1. The molecule has 0 bridgehead atoms. The summed E-state index contributed by atoms with van der Waals surface area (Å²) >= 11 is 0. The Balaban J connectivity index is -0.000000177. The van der Waals surface area contributed by atoms with Crippen LogP contribution in [-0.4, -0.2) is 0 Å². The first-order valence-electron chi connectivity index (χ1n) is 5.17. The third kappa shape index (κ3) is 60.3. The fourth-order valence-electron chi connectivity index (χ4n) is 0.471. The van der Waals surface area contributed by atoms with Gasteiger partial charge in [0.2, 0.25) is 0 Å². The molecule has 14 heavy (non-hydrogen) atoms. The van der Waals surface area contributed by atoms with E-state index in [0.717, 1.165) is 0 Å². The van der Waals surface area contributed by atoms with E-state index in [9.17, 15) is 0 Å². The van der Waals surface area contributed by atoms with Gasteiger partial charge in [0, 0.05) is 0 Å². The summed E-state index contributed by atoms with van der Waals surface area (Å²) in [5.74, 6) is 0. The fraction of sp³-hybridized carbons (Fsp3) is 0.857. The molecule has 0 spiro atoms. The molecular weight excluding hydrogens is 168 g/mol. The Bertz CT molecular complexity index is 121. The lowest BCUT2D eigenvalue weighted by atomic mass is 9.92. The van der Waals surface area contributed by atoms with Crippen LogP contribution in [-0.2, 0) is 0 Å². The highest BCUT2D eigenvalue weighted by Gasteiger charge is 2.05. The van der Waals surface area contributed by atoms with Gasteiger partial charge in [-0.15, -0.1) is 0 Å².